The van der Waals surface area contributed by atoms with Crippen molar-refractivity contribution in [1.29, 1.82) is 0 Å². The topological polar surface area (TPSA) is 56.7 Å². The van der Waals surface area contributed by atoms with Crippen LogP contribution >= 0.6 is 0 Å². The molecule has 0 radical (unpaired) electrons. The van der Waals surface area contributed by atoms with E-state index in [0.717, 1.165) is 17.9 Å². The first-order valence-electron chi connectivity index (χ1n) is 4.97. The molecule has 1 heterocycles. The van der Waals surface area contributed by atoms with Crippen molar-refractivity contribution in [3.8, 4) is 5.69 Å². The molecule has 0 amide bonds. The first-order chi connectivity index (χ1) is 7.31. The lowest BCUT2D eigenvalue weighted by molar-refractivity contribution is 0.830. The number of nitrogens with two attached hydrogens (primary N) is 1. The lowest BCUT2D eigenvalue weighted by atomic mass is 10.2. The Kier molecular flexibility index (Phi) is 2.78. The van der Waals surface area contributed by atoms with Crippen molar-refractivity contribution in [2.24, 2.45) is 5.73 Å². The van der Waals surface area contributed by atoms with Crippen LogP contribution in [0.3, 0.4) is 0 Å². The lowest BCUT2D eigenvalue weighted by Crippen LogP contribution is -2.08. The van der Waals surface area contributed by atoms with E-state index in [0.29, 0.717) is 6.54 Å². The second-order valence-electron chi connectivity index (χ2n) is 3.49. The first kappa shape index (κ1) is 9.86. The Morgan fingerprint density at radius 3 is 2.67 bits per heavy atom. The van der Waals surface area contributed by atoms with E-state index in [9.17, 15) is 0 Å². The van der Waals surface area contributed by atoms with Gasteiger partial charge >= 0.3 is 0 Å². The fourth-order valence-electron chi connectivity index (χ4n) is 1.48. The van der Waals surface area contributed by atoms with Crippen LogP contribution in [0.25, 0.3) is 5.69 Å². The van der Waals surface area contributed by atoms with Crippen LogP contribution in [0.4, 0.5) is 0 Å². The molecular formula is C11H14N4. The third-order valence-corrected chi connectivity index (χ3v) is 2.30. The number of benzene rings is 1. The summed E-state index contributed by atoms with van der Waals surface area (Å²) in [5.41, 5.74) is 7.83. The Bertz CT molecular complexity index is 430. The van der Waals surface area contributed by atoms with E-state index in [1.54, 1.807) is 6.33 Å². The van der Waals surface area contributed by atoms with Crippen LogP contribution in [-0.4, -0.2) is 21.3 Å². The molecule has 2 aromatic rings. The molecule has 4 nitrogen and oxygen atoms in total. The Morgan fingerprint density at radius 1 is 1.27 bits per heavy atom. The summed E-state index contributed by atoms with van der Waals surface area (Å²) in [5.74, 6) is 0.904. The molecule has 0 unspecified atom stereocenters. The Hall–Kier alpha value is -1.68. The summed E-state index contributed by atoms with van der Waals surface area (Å²) < 4.78 is 1.96. The quantitative estimate of drug-likeness (QED) is 0.810. The molecule has 0 spiro atoms. The van der Waals surface area contributed by atoms with Crippen molar-refractivity contribution in [2.75, 3.05) is 6.54 Å². The summed E-state index contributed by atoms with van der Waals surface area (Å²) >= 11 is 0. The summed E-state index contributed by atoms with van der Waals surface area (Å²) in [4.78, 5) is 0. The molecule has 1 aromatic heterocycles. The van der Waals surface area contributed by atoms with Gasteiger partial charge in [0.05, 0.1) is 0 Å². The molecule has 0 aliphatic carbocycles. The number of hydrogen-bond donors (Lipinski definition) is 1. The summed E-state index contributed by atoms with van der Waals surface area (Å²) in [6, 6.07) is 8.25. The summed E-state index contributed by atoms with van der Waals surface area (Å²) in [6.07, 6.45) is 2.46. The van der Waals surface area contributed by atoms with Gasteiger partial charge in [0.2, 0.25) is 0 Å². The molecule has 2 rings (SSSR count). The Labute approximate surface area is 88.8 Å². The maximum atomic E-state index is 5.51. The standard InChI is InChI=1S/C11H14N4/c1-9-2-4-10(5-3-9)15-8-13-14-11(15)6-7-12/h2-5,8H,6-7,12H2,1H3. The molecular weight excluding hydrogens is 188 g/mol. The summed E-state index contributed by atoms with van der Waals surface area (Å²) in [7, 11) is 0. The van der Waals surface area contributed by atoms with Crippen LogP contribution in [0.15, 0.2) is 30.6 Å². The molecule has 1 aromatic carbocycles. The molecule has 0 bridgehead atoms. The number of hydrogen-bond acceptors (Lipinski definition) is 3. The van der Waals surface area contributed by atoms with Crippen LogP contribution in [0, 0.1) is 6.92 Å². The highest BCUT2D eigenvalue weighted by atomic mass is 15.3. The average Bonchev–Trinajstić information content (AvgIpc) is 2.68. The van der Waals surface area contributed by atoms with Crippen molar-refractivity contribution in [1.82, 2.24) is 14.8 Å². The summed E-state index contributed by atoms with van der Waals surface area (Å²) in [5, 5.41) is 7.93. The molecule has 0 atom stereocenters. The van der Waals surface area contributed by atoms with E-state index in [2.05, 4.69) is 41.4 Å². The zero-order chi connectivity index (χ0) is 10.7. The van der Waals surface area contributed by atoms with Gasteiger partial charge in [-0.1, -0.05) is 17.7 Å². The molecule has 15 heavy (non-hydrogen) atoms. The van der Waals surface area contributed by atoms with Gasteiger partial charge in [0.25, 0.3) is 0 Å². The normalized spacial score (nSPS) is 10.5. The highest BCUT2D eigenvalue weighted by Gasteiger charge is 2.04. The number of aromatic nitrogens is 3. The lowest BCUT2D eigenvalue weighted by Gasteiger charge is -2.05. The zero-order valence-electron chi connectivity index (χ0n) is 8.72. The van der Waals surface area contributed by atoms with Crippen molar-refractivity contribution >= 4 is 0 Å². The molecule has 2 N–H and O–H groups in total. The molecule has 4 heteroatoms. The van der Waals surface area contributed by atoms with Crippen LogP contribution < -0.4 is 5.73 Å². The van der Waals surface area contributed by atoms with Crippen molar-refractivity contribution in [3.63, 3.8) is 0 Å². The predicted octanol–water partition coefficient (Wildman–Crippen LogP) is 1.08. The minimum atomic E-state index is 0.588. The monoisotopic (exact) mass is 202 g/mol. The van der Waals surface area contributed by atoms with E-state index < -0.39 is 0 Å². The van der Waals surface area contributed by atoms with Gasteiger partial charge < -0.3 is 5.73 Å². The van der Waals surface area contributed by atoms with Gasteiger partial charge in [0, 0.05) is 12.1 Å². The fourth-order valence-corrected chi connectivity index (χ4v) is 1.48. The molecule has 0 fully saturated rings. The van der Waals surface area contributed by atoms with Crippen molar-refractivity contribution < 1.29 is 0 Å². The van der Waals surface area contributed by atoms with E-state index in [4.69, 9.17) is 5.73 Å². The molecule has 0 saturated carbocycles. The van der Waals surface area contributed by atoms with Gasteiger partial charge in [0.1, 0.15) is 12.2 Å². The number of nitrogens with zero attached hydrogens (tertiary/aromatic N) is 3. The van der Waals surface area contributed by atoms with Crippen LogP contribution in [0.5, 0.6) is 0 Å². The van der Waals surface area contributed by atoms with Gasteiger partial charge in [-0.05, 0) is 25.6 Å². The first-order valence-corrected chi connectivity index (χ1v) is 4.97. The minimum absolute atomic E-state index is 0.588. The Morgan fingerprint density at radius 2 is 2.00 bits per heavy atom. The van der Waals surface area contributed by atoms with E-state index >= 15 is 0 Å². The van der Waals surface area contributed by atoms with Gasteiger partial charge in [-0.15, -0.1) is 10.2 Å². The second kappa shape index (κ2) is 4.23. The SMILES string of the molecule is Cc1ccc(-n2cnnc2CCN)cc1. The van der Waals surface area contributed by atoms with Crippen LogP contribution in [-0.2, 0) is 6.42 Å². The molecule has 0 saturated heterocycles. The van der Waals surface area contributed by atoms with E-state index in [-0.39, 0.29) is 0 Å². The average molecular weight is 202 g/mol. The van der Waals surface area contributed by atoms with Crippen molar-refractivity contribution in [2.45, 2.75) is 13.3 Å². The van der Waals surface area contributed by atoms with E-state index in [1.807, 2.05) is 4.57 Å². The number of aryl methyl sites for hydroxylation is 1. The van der Waals surface area contributed by atoms with Gasteiger partial charge in [-0.25, -0.2) is 0 Å². The van der Waals surface area contributed by atoms with E-state index in [1.165, 1.54) is 5.56 Å². The highest BCUT2D eigenvalue weighted by molar-refractivity contribution is 5.34. The zero-order valence-corrected chi connectivity index (χ0v) is 8.72. The van der Waals surface area contributed by atoms with Gasteiger partial charge in [-0.2, -0.15) is 0 Å². The van der Waals surface area contributed by atoms with Gasteiger partial charge in [0.15, 0.2) is 0 Å². The van der Waals surface area contributed by atoms with Crippen molar-refractivity contribution in [3.05, 3.63) is 42.0 Å². The largest absolute Gasteiger partial charge is 0.330 e. The summed E-state index contributed by atoms with van der Waals surface area (Å²) in [6.45, 7) is 2.65. The van der Waals surface area contributed by atoms with Gasteiger partial charge in [-0.3, -0.25) is 4.57 Å². The maximum absolute atomic E-state index is 5.51. The highest BCUT2D eigenvalue weighted by Crippen LogP contribution is 2.10. The fraction of sp³-hybridized carbons (Fsp3) is 0.273. The van der Waals surface area contributed by atoms with Crippen LogP contribution in [0.2, 0.25) is 0 Å². The maximum Gasteiger partial charge on any atom is 0.138 e. The smallest absolute Gasteiger partial charge is 0.138 e. The second-order valence-corrected chi connectivity index (χ2v) is 3.49. The third kappa shape index (κ3) is 2.05. The Balaban J connectivity index is 2.36. The number of rotatable bonds is 3. The molecule has 0 aliphatic heterocycles. The molecule has 78 valence electrons. The third-order valence-electron chi connectivity index (χ3n) is 2.30. The van der Waals surface area contributed by atoms with Crippen LogP contribution in [0.1, 0.15) is 11.4 Å². The predicted molar refractivity (Wildman–Crippen MR) is 58.9 cm³/mol. The minimum Gasteiger partial charge on any atom is -0.330 e. The molecule has 0 aliphatic rings.